The molecule has 2 atom stereocenters. The van der Waals surface area contributed by atoms with E-state index in [1.54, 1.807) is 7.11 Å². The Morgan fingerprint density at radius 2 is 2.19 bits per heavy atom. The van der Waals surface area contributed by atoms with E-state index in [4.69, 9.17) is 15.0 Å². The monoisotopic (exact) mass is 227 g/mol. The minimum Gasteiger partial charge on any atom is -0.373 e. The van der Waals surface area contributed by atoms with Gasteiger partial charge in [0.15, 0.2) is 0 Å². The molecule has 5 nitrogen and oxygen atoms in total. The zero-order valence-electron chi connectivity index (χ0n) is 10.3. The molecule has 1 heterocycles. The number of methoxy groups -OCH3 is 1. The molecule has 0 fully saturated rings. The standard InChI is InChI=1S/C11H21N3O2/c1-4-6-7-8(12)11-13-10(14-16-11)9(5-2)15-3/h8-9H,4-7,12H2,1-3H3. The van der Waals surface area contributed by atoms with Crippen LogP contribution in [0.5, 0.6) is 0 Å². The van der Waals surface area contributed by atoms with Crippen LogP contribution in [0.2, 0.25) is 0 Å². The molecule has 0 bridgehead atoms. The Morgan fingerprint density at radius 1 is 1.44 bits per heavy atom. The van der Waals surface area contributed by atoms with Crippen molar-refractivity contribution >= 4 is 0 Å². The summed E-state index contributed by atoms with van der Waals surface area (Å²) in [6, 6.07) is -0.157. The van der Waals surface area contributed by atoms with Crippen molar-refractivity contribution in [3.8, 4) is 0 Å². The lowest BCUT2D eigenvalue weighted by atomic mass is 10.1. The van der Waals surface area contributed by atoms with E-state index in [2.05, 4.69) is 17.1 Å². The van der Waals surface area contributed by atoms with Gasteiger partial charge >= 0.3 is 0 Å². The lowest BCUT2D eigenvalue weighted by molar-refractivity contribution is 0.0903. The van der Waals surface area contributed by atoms with Gasteiger partial charge in [-0.1, -0.05) is 31.8 Å². The Labute approximate surface area is 96.4 Å². The predicted octanol–water partition coefficient (Wildman–Crippen LogP) is 2.36. The number of unbranched alkanes of at least 4 members (excludes halogenated alkanes) is 1. The summed E-state index contributed by atoms with van der Waals surface area (Å²) in [6.07, 6.45) is 3.78. The lowest BCUT2D eigenvalue weighted by Gasteiger charge is -2.07. The molecule has 0 aliphatic carbocycles. The normalized spacial score (nSPS) is 15.0. The van der Waals surface area contributed by atoms with Crippen LogP contribution in [0.4, 0.5) is 0 Å². The first-order valence-electron chi connectivity index (χ1n) is 5.84. The maximum atomic E-state index is 5.94. The number of hydrogen-bond donors (Lipinski definition) is 1. The first-order valence-corrected chi connectivity index (χ1v) is 5.84. The molecule has 0 saturated heterocycles. The molecule has 1 aromatic heterocycles. The van der Waals surface area contributed by atoms with Gasteiger partial charge in [0, 0.05) is 7.11 Å². The topological polar surface area (TPSA) is 74.2 Å². The van der Waals surface area contributed by atoms with E-state index >= 15 is 0 Å². The summed E-state index contributed by atoms with van der Waals surface area (Å²) in [4.78, 5) is 4.28. The van der Waals surface area contributed by atoms with Crippen LogP contribution in [0.15, 0.2) is 4.52 Å². The summed E-state index contributed by atoms with van der Waals surface area (Å²) in [7, 11) is 1.64. The molecule has 1 rings (SSSR count). The van der Waals surface area contributed by atoms with Crippen LogP contribution in [0.3, 0.4) is 0 Å². The minimum absolute atomic E-state index is 0.101. The van der Waals surface area contributed by atoms with E-state index < -0.39 is 0 Å². The number of aromatic nitrogens is 2. The molecule has 0 saturated carbocycles. The van der Waals surface area contributed by atoms with Gasteiger partial charge in [0.25, 0.3) is 0 Å². The maximum Gasteiger partial charge on any atom is 0.243 e. The number of nitrogens with zero attached hydrogens (tertiary/aromatic N) is 2. The van der Waals surface area contributed by atoms with Gasteiger partial charge in [-0.2, -0.15) is 4.98 Å². The number of hydrogen-bond acceptors (Lipinski definition) is 5. The van der Waals surface area contributed by atoms with Crippen LogP contribution < -0.4 is 5.73 Å². The zero-order valence-corrected chi connectivity index (χ0v) is 10.3. The largest absolute Gasteiger partial charge is 0.373 e. The van der Waals surface area contributed by atoms with Crippen molar-refractivity contribution in [1.82, 2.24) is 10.1 Å². The average molecular weight is 227 g/mol. The average Bonchev–Trinajstić information content (AvgIpc) is 2.77. The van der Waals surface area contributed by atoms with Crippen LogP contribution in [0, 0.1) is 0 Å². The van der Waals surface area contributed by atoms with Gasteiger partial charge in [-0.25, -0.2) is 0 Å². The molecule has 2 unspecified atom stereocenters. The molecular formula is C11H21N3O2. The molecule has 92 valence electrons. The Morgan fingerprint density at radius 3 is 2.75 bits per heavy atom. The van der Waals surface area contributed by atoms with Crippen molar-refractivity contribution in [3.63, 3.8) is 0 Å². The maximum absolute atomic E-state index is 5.94. The van der Waals surface area contributed by atoms with Crippen LogP contribution in [0.1, 0.15) is 63.4 Å². The van der Waals surface area contributed by atoms with Gasteiger partial charge in [0.1, 0.15) is 6.10 Å². The smallest absolute Gasteiger partial charge is 0.243 e. The van der Waals surface area contributed by atoms with Crippen LogP contribution in [-0.2, 0) is 4.74 Å². The molecule has 1 aromatic rings. The van der Waals surface area contributed by atoms with Gasteiger partial charge < -0.3 is 15.0 Å². The summed E-state index contributed by atoms with van der Waals surface area (Å²) < 4.78 is 10.4. The third kappa shape index (κ3) is 3.28. The SMILES string of the molecule is CCCCC(N)c1nc(C(CC)OC)no1. The Bertz CT molecular complexity index is 297. The van der Waals surface area contributed by atoms with E-state index in [0.29, 0.717) is 11.7 Å². The molecule has 0 amide bonds. The highest BCUT2D eigenvalue weighted by Gasteiger charge is 2.19. The summed E-state index contributed by atoms with van der Waals surface area (Å²) in [5.74, 6) is 1.10. The fourth-order valence-corrected chi connectivity index (χ4v) is 1.53. The fraction of sp³-hybridized carbons (Fsp3) is 0.818. The Kier molecular flexibility index (Phi) is 5.42. The molecule has 0 radical (unpaired) electrons. The van der Waals surface area contributed by atoms with Crippen molar-refractivity contribution in [2.45, 2.75) is 51.7 Å². The molecule has 0 aliphatic rings. The number of nitrogens with two attached hydrogens (primary N) is 1. The molecule has 0 spiro atoms. The number of ether oxygens (including phenoxy) is 1. The van der Waals surface area contributed by atoms with E-state index in [-0.39, 0.29) is 12.1 Å². The van der Waals surface area contributed by atoms with Crippen molar-refractivity contribution < 1.29 is 9.26 Å². The van der Waals surface area contributed by atoms with Gasteiger partial charge in [-0.3, -0.25) is 0 Å². The first kappa shape index (κ1) is 13.1. The van der Waals surface area contributed by atoms with E-state index in [9.17, 15) is 0 Å². The Hall–Kier alpha value is -0.940. The second-order valence-corrected chi connectivity index (χ2v) is 3.87. The second-order valence-electron chi connectivity index (χ2n) is 3.87. The minimum atomic E-state index is -0.157. The van der Waals surface area contributed by atoms with Gasteiger partial charge in [-0.05, 0) is 12.8 Å². The van der Waals surface area contributed by atoms with Crippen molar-refractivity contribution in [2.75, 3.05) is 7.11 Å². The highest BCUT2D eigenvalue weighted by atomic mass is 16.5. The highest BCUT2D eigenvalue weighted by molar-refractivity contribution is 4.94. The lowest BCUT2D eigenvalue weighted by Crippen LogP contribution is -2.11. The van der Waals surface area contributed by atoms with Crippen molar-refractivity contribution in [2.24, 2.45) is 5.73 Å². The second kappa shape index (κ2) is 6.60. The molecule has 0 aliphatic heterocycles. The quantitative estimate of drug-likeness (QED) is 0.774. The van der Waals surface area contributed by atoms with Gasteiger partial charge in [-0.15, -0.1) is 0 Å². The van der Waals surface area contributed by atoms with E-state index in [1.165, 1.54) is 0 Å². The molecule has 0 aromatic carbocycles. The molecule has 2 N–H and O–H groups in total. The molecule has 5 heteroatoms. The summed E-state index contributed by atoms with van der Waals surface area (Å²) in [6.45, 7) is 4.14. The summed E-state index contributed by atoms with van der Waals surface area (Å²) >= 11 is 0. The van der Waals surface area contributed by atoms with Crippen LogP contribution >= 0.6 is 0 Å². The van der Waals surface area contributed by atoms with Crippen molar-refractivity contribution in [3.05, 3.63) is 11.7 Å². The third-order valence-corrected chi connectivity index (χ3v) is 2.59. The van der Waals surface area contributed by atoms with Crippen molar-refractivity contribution in [1.29, 1.82) is 0 Å². The fourth-order valence-electron chi connectivity index (χ4n) is 1.53. The third-order valence-electron chi connectivity index (χ3n) is 2.59. The van der Waals surface area contributed by atoms with Gasteiger partial charge in [0.05, 0.1) is 6.04 Å². The van der Waals surface area contributed by atoms with Crippen LogP contribution in [0.25, 0.3) is 0 Å². The highest BCUT2D eigenvalue weighted by Crippen LogP contribution is 2.20. The molecular weight excluding hydrogens is 206 g/mol. The Balaban J connectivity index is 2.62. The summed E-state index contributed by atoms with van der Waals surface area (Å²) in [5, 5.41) is 3.90. The van der Waals surface area contributed by atoms with E-state index in [1.807, 2.05) is 6.92 Å². The van der Waals surface area contributed by atoms with E-state index in [0.717, 1.165) is 25.7 Å². The van der Waals surface area contributed by atoms with Gasteiger partial charge in [0.2, 0.25) is 11.7 Å². The predicted molar refractivity (Wildman–Crippen MR) is 60.8 cm³/mol. The summed E-state index contributed by atoms with van der Waals surface area (Å²) in [5.41, 5.74) is 5.94. The van der Waals surface area contributed by atoms with Crippen LogP contribution in [-0.4, -0.2) is 17.3 Å². The number of rotatable bonds is 7. The zero-order chi connectivity index (χ0) is 12.0. The first-order chi connectivity index (χ1) is 7.72. The molecule has 16 heavy (non-hydrogen) atoms.